The van der Waals surface area contributed by atoms with E-state index in [-0.39, 0.29) is 10.5 Å². The zero-order valence-corrected chi connectivity index (χ0v) is 16.2. The molecule has 0 atom stereocenters. The lowest BCUT2D eigenvalue weighted by molar-refractivity contribution is -0.669. The Labute approximate surface area is 158 Å². The van der Waals surface area contributed by atoms with Gasteiger partial charge in [-0.05, 0) is 44.5 Å². The highest BCUT2D eigenvalue weighted by atomic mass is 32.2. The van der Waals surface area contributed by atoms with Crippen LogP contribution in [-0.2, 0) is 29.6 Å². The normalized spacial score (nSPS) is 13.1. The number of para-hydroxylation sites is 1. The van der Waals surface area contributed by atoms with Crippen LogP contribution in [0.2, 0.25) is 0 Å². The molecular weight excluding hydrogens is 364 g/mol. The zero-order chi connectivity index (χ0) is 19.6. The molecule has 6 nitrogen and oxygen atoms in total. The molecule has 0 fully saturated rings. The number of nitrogens with zero attached hydrogens (tertiary/aromatic N) is 2. The summed E-state index contributed by atoms with van der Waals surface area (Å²) < 4.78 is 35.4. The van der Waals surface area contributed by atoms with Crippen molar-refractivity contribution >= 4 is 21.0 Å². The smallest absolute Gasteiger partial charge is 0.345 e. The quantitative estimate of drug-likeness (QED) is 0.499. The van der Waals surface area contributed by atoms with Crippen molar-refractivity contribution in [1.29, 1.82) is 0 Å². The third kappa shape index (κ3) is 3.94. The van der Waals surface area contributed by atoms with Gasteiger partial charge in [0.05, 0.1) is 24.4 Å². The Bertz CT molecular complexity index is 1130. The number of rotatable bonds is 2. The van der Waals surface area contributed by atoms with E-state index < -0.39 is 10.1 Å². The molecule has 0 saturated heterocycles. The van der Waals surface area contributed by atoms with Crippen molar-refractivity contribution in [2.75, 3.05) is 0 Å². The number of aryl methyl sites for hydroxylation is 2. The molecule has 0 saturated carbocycles. The van der Waals surface area contributed by atoms with Gasteiger partial charge >= 0.3 is 5.56 Å². The fraction of sp³-hybridized carbons (Fsp3) is 0.300. The van der Waals surface area contributed by atoms with Crippen LogP contribution in [-0.4, -0.2) is 17.5 Å². The topological polar surface area (TPSA) is 83.1 Å². The molecule has 27 heavy (non-hydrogen) atoms. The van der Waals surface area contributed by atoms with Gasteiger partial charge in [-0.15, -0.1) is 0 Å². The van der Waals surface area contributed by atoms with Crippen molar-refractivity contribution in [3.8, 4) is 0 Å². The standard InChI is InChI=1S/C13H15N2O.C7H8O3S/c1-2-14-12-8-5-9-15(12)11-7-4-3-6-10(11)13(14)16;1-6-2-4-7(5-3-6)11(8,9)10/h3-4,6-7H,2,5,8-9H2,1H3;2-5H,1H3,(H,8,9,10)/q+1;/p-1. The van der Waals surface area contributed by atoms with E-state index in [1.54, 1.807) is 12.1 Å². The number of benzene rings is 2. The SMILES string of the molecule is CCn1c2[n+](c3ccccc3c1=O)CCC2.Cc1ccc(S(=O)(=O)[O-])cc1. The van der Waals surface area contributed by atoms with Crippen molar-refractivity contribution in [2.24, 2.45) is 0 Å². The van der Waals surface area contributed by atoms with Crippen LogP contribution in [0.15, 0.2) is 58.2 Å². The van der Waals surface area contributed by atoms with E-state index in [1.165, 1.54) is 18.0 Å². The van der Waals surface area contributed by atoms with Crippen LogP contribution in [0.25, 0.3) is 10.9 Å². The van der Waals surface area contributed by atoms with Crippen molar-refractivity contribution in [3.63, 3.8) is 0 Å². The van der Waals surface area contributed by atoms with E-state index in [2.05, 4.69) is 4.57 Å². The van der Waals surface area contributed by atoms with Gasteiger partial charge in [-0.1, -0.05) is 29.8 Å². The maximum Gasteiger partial charge on any atom is 0.345 e. The molecule has 0 bridgehead atoms. The van der Waals surface area contributed by atoms with Gasteiger partial charge in [-0.3, -0.25) is 0 Å². The number of fused-ring (bicyclic) bond motifs is 3. The first kappa shape index (κ1) is 19.3. The molecular formula is C20H22N2O4S. The second-order valence-corrected chi connectivity index (χ2v) is 7.88. The molecule has 1 aliphatic rings. The van der Waals surface area contributed by atoms with Crippen LogP contribution in [0.4, 0.5) is 0 Å². The molecule has 2 heterocycles. The Balaban J connectivity index is 0.000000168. The molecule has 142 valence electrons. The van der Waals surface area contributed by atoms with E-state index in [9.17, 15) is 17.8 Å². The molecule has 3 aromatic rings. The summed E-state index contributed by atoms with van der Waals surface area (Å²) in [6, 6.07) is 13.7. The number of hydrogen-bond acceptors (Lipinski definition) is 4. The van der Waals surface area contributed by atoms with Gasteiger partial charge in [0.25, 0.3) is 5.82 Å². The Kier molecular flexibility index (Phi) is 5.43. The van der Waals surface area contributed by atoms with Gasteiger partial charge in [0.15, 0.2) is 0 Å². The van der Waals surface area contributed by atoms with Crippen LogP contribution in [0, 0.1) is 6.92 Å². The monoisotopic (exact) mass is 386 g/mol. The minimum atomic E-state index is -4.27. The first-order valence-electron chi connectivity index (χ1n) is 8.89. The van der Waals surface area contributed by atoms with Crippen LogP contribution in [0.3, 0.4) is 0 Å². The maximum atomic E-state index is 12.3. The summed E-state index contributed by atoms with van der Waals surface area (Å²) in [7, 11) is -4.27. The third-order valence-corrected chi connectivity index (χ3v) is 5.55. The van der Waals surface area contributed by atoms with Crippen LogP contribution in [0.5, 0.6) is 0 Å². The molecule has 0 N–H and O–H groups in total. The first-order chi connectivity index (χ1) is 12.8. The van der Waals surface area contributed by atoms with Crippen molar-refractivity contribution in [3.05, 3.63) is 70.3 Å². The second kappa shape index (κ2) is 7.62. The van der Waals surface area contributed by atoms with E-state index in [0.717, 1.165) is 42.4 Å². The summed E-state index contributed by atoms with van der Waals surface area (Å²) in [5, 5.41) is 0.843. The average Bonchev–Trinajstić information content (AvgIpc) is 3.12. The number of aromatic nitrogens is 2. The summed E-state index contributed by atoms with van der Waals surface area (Å²) in [6.07, 6.45) is 2.17. The van der Waals surface area contributed by atoms with E-state index in [0.29, 0.717) is 0 Å². The highest BCUT2D eigenvalue weighted by molar-refractivity contribution is 7.85. The second-order valence-electron chi connectivity index (χ2n) is 6.51. The molecule has 2 aromatic carbocycles. The van der Waals surface area contributed by atoms with Crippen LogP contribution >= 0.6 is 0 Å². The molecule has 0 amide bonds. The van der Waals surface area contributed by atoms with Gasteiger partial charge in [0.1, 0.15) is 21.0 Å². The molecule has 1 aliphatic heterocycles. The van der Waals surface area contributed by atoms with Gasteiger partial charge in [0, 0.05) is 0 Å². The largest absolute Gasteiger partial charge is 0.744 e. The molecule has 0 spiro atoms. The molecule has 0 unspecified atom stereocenters. The predicted molar refractivity (Wildman–Crippen MR) is 102 cm³/mol. The molecule has 7 heteroatoms. The van der Waals surface area contributed by atoms with Gasteiger partial charge < -0.3 is 4.55 Å². The van der Waals surface area contributed by atoms with E-state index in [4.69, 9.17) is 0 Å². The Morgan fingerprint density at radius 1 is 1.11 bits per heavy atom. The Morgan fingerprint density at radius 3 is 2.41 bits per heavy atom. The predicted octanol–water partition coefficient (Wildman–Crippen LogP) is 2.15. The highest BCUT2D eigenvalue weighted by Gasteiger charge is 2.26. The zero-order valence-electron chi connectivity index (χ0n) is 15.4. The fourth-order valence-electron chi connectivity index (χ4n) is 3.38. The van der Waals surface area contributed by atoms with Gasteiger partial charge in [-0.25, -0.2) is 17.8 Å². The molecule has 4 rings (SSSR count). The first-order valence-corrected chi connectivity index (χ1v) is 10.3. The Morgan fingerprint density at radius 2 is 1.78 bits per heavy atom. The Hall–Kier alpha value is -2.51. The summed E-state index contributed by atoms with van der Waals surface area (Å²) >= 11 is 0. The minimum Gasteiger partial charge on any atom is -0.744 e. The summed E-state index contributed by atoms with van der Waals surface area (Å²) in [5.41, 5.74) is 2.17. The van der Waals surface area contributed by atoms with Crippen LogP contribution < -0.4 is 10.1 Å². The average molecular weight is 386 g/mol. The minimum absolute atomic E-state index is 0.159. The number of hydrogen-bond donors (Lipinski definition) is 0. The lowest BCUT2D eigenvalue weighted by Gasteiger charge is -2.06. The van der Waals surface area contributed by atoms with Gasteiger partial charge in [-0.2, -0.15) is 4.57 Å². The summed E-state index contributed by atoms with van der Waals surface area (Å²) in [4.78, 5) is 12.1. The van der Waals surface area contributed by atoms with E-state index >= 15 is 0 Å². The van der Waals surface area contributed by atoms with Crippen molar-refractivity contribution < 1.29 is 17.5 Å². The summed E-state index contributed by atoms with van der Waals surface area (Å²) in [5.74, 6) is 1.19. The molecule has 0 aliphatic carbocycles. The van der Waals surface area contributed by atoms with Crippen molar-refractivity contribution in [1.82, 2.24) is 4.57 Å². The van der Waals surface area contributed by atoms with Crippen LogP contribution in [0.1, 0.15) is 24.7 Å². The molecule has 0 radical (unpaired) electrons. The van der Waals surface area contributed by atoms with Crippen molar-refractivity contribution in [2.45, 2.75) is 44.7 Å². The summed E-state index contributed by atoms with van der Waals surface area (Å²) in [6.45, 7) is 5.66. The maximum absolute atomic E-state index is 12.3. The lowest BCUT2D eigenvalue weighted by Crippen LogP contribution is -2.42. The third-order valence-electron chi connectivity index (χ3n) is 4.70. The highest BCUT2D eigenvalue weighted by Crippen LogP contribution is 2.12. The fourth-order valence-corrected chi connectivity index (χ4v) is 3.85. The van der Waals surface area contributed by atoms with E-state index in [1.807, 2.05) is 42.7 Å². The molecule has 1 aromatic heterocycles. The lowest BCUT2D eigenvalue weighted by atomic mass is 10.2. The van der Waals surface area contributed by atoms with Gasteiger partial charge in [0.2, 0.25) is 0 Å².